The first-order chi connectivity index (χ1) is 10.4. The van der Waals surface area contributed by atoms with E-state index in [0.29, 0.717) is 24.0 Å². The van der Waals surface area contributed by atoms with Gasteiger partial charge in [0.05, 0.1) is 6.10 Å². The van der Waals surface area contributed by atoms with E-state index in [0.717, 1.165) is 38.5 Å². The molecule has 3 nitrogen and oxygen atoms in total. The zero-order valence-electron chi connectivity index (χ0n) is 13.5. The molecule has 5 aliphatic rings. The van der Waals surface area contributed by atoms with Gasteiger partial charge in [0.1, 0.15) is 11.4 Å². The number of ketones is 2. The lowest BCUT2D eigenvalue weighted by molar-refractivity contribution is -0.130. The topological polar surface area (TPSA) is 46.7 Å². The van der Waals surface area contributed by atoms with Crippen LogP contribution in [0.2, 0.25) is 0 Å². The molecule has 1 spiro atoms. The highest BCUT2D eigenvalue weighted by molar-refractivity contribution is 5.92. The lowest BCUT2D eigenvalue weighted by Gasteiger charge is -2.54. The average Bonchev–Trinajstić information content (AvgIpc) is 3.12. The Morgan fingerprint density at radius 2 is 1.86 bits per heavy atom. The Morgan fingerprint density at radius 1 is 1.09 bits per heavy atom. The van der Waals surface area contributed by atoms with E-state index >= 15 is 0 Å². The van der Waals surface area contributed by atoms with Gasteiger partial charge in [-0.1, -0.05) is 19.4 Å². The minimum atomic E-state index is -0.141. The first-order valence-electron chi connectivity index (χ1n) is 8.87. The molecule has 0 radical (unpaired) electrons. The number of carbonyl (C=O) groups is 2. The predicted octanol–water partition coefficient (Wildman–Crippen LogP) is 3.22. The number of ether oxygens (including phenoxy) is 1. The van der Waals surface area contributed by atoms with E-state index in [4.69, 9.17) is 4.74 Å². The van der Waals surface area contributed by atoms with Crippen molar-refractivity contribution in [3.63, 3.8) is 0 Å². The third kappa shape index (κ3) is 1.26. The summed E-state index contributed by atoms with van der Waals surface area (Å²) in [5.41, 5.74) is 1.15. The number of hydrogen-bond acceptors (Lipinski definition) is 3. The molecule has 6 unspecified atom stereocenters. The van der Waals surface area contributed by atoms with E-state index in [-0.39, 0.29) is 28.3 Å². The molecule has 6 atom stereocenters. The number of hydrogen-bond donors (Lipinski definition) is 0. The normalized spacial score (nSPS) is 55.7. The number of epoxide rings is 1. The van der Waals surface area contributed by atoms with Crippen molar-refractivity contribution in [1.29, 1.82) is 0 Å². The van der Waals surface area contributed by atoms with Gasteiger partial charge in [0.2, 0.25) is 0 Å². The highest BCUT2D eigenvalue weighted by atomic mass is 16.6. The maximum Gasteiger partial charge on any atom is 0.155 e. The number of Topliss-reactive ketones (excluding diaryl/α,β-unsaturated/α-hetero) is 1. The number of carbonyl (C=O) groups excluding carboxylic acids is 2. The summed E-state index contributed by atoms with van der Waals surface area (Å²) < 4.78 is 6.42. The molecule has 4 fully saturated rings. The van der Waals surface area contributed by atoms with Gasteiger partial charge in [-0.2, -0.15) is 0 Å². The third-order valence-corrected chi connectivity index (χ3v) is 8.04. The van der Waals surface area contributed by atoms with E-state index in [2.05, 4.69) is 13.8 Å². The van der Waals surface area contributed by atoms with Gasteiger partial charge in [-0.25, -0.2) is 0 Å². The van der Waals surface area contributed by atoms with Crippen molar-refractivity contribution in [3.05, 3.63) is 11.6 Å². The highest BCUT2D eigenvalue weighted by Crippen LogP contribution is 2.74. The van der Waals surface area contributed by atoms with Crippen molar-refractivity contribution >= 4 is 11.6 Å². The van der Waals surface area contributed by atoms with Gasteiger partial charge in [0.25, 0.3) is 0 Å². The van der Waals surface area contributed by atoms with Crippen LogP contribution in [-0.2, 0) is 14.3 Å². The fraction of sp³-hybridized carbons (Fsp3) is 0.789. The Kier molecular flexibility index (Phi) is 2.29. The zero-order chi connectivity index (χ0) is 15.3. The zero-order valence-corrected chi connectivity index (χ0v) is 13.5. The Balaban J connectivity index is 1.61. The summed E-state index contributed by atoms with van der Waals surface area (Å²) in [6.45, 7) is 4.52. The summed E-state index contributed by atoms with van der Waals surface area (Å²) in [4.78, 5) is 24.3. The molecular weight excluding hydrogens is 276 g/mol. The molecule has 1 aliphatic heterocycles. The SMILES string of the molecule is CC12CC3OC34C(CCC3=CC(=O)CCC34C)C1CCC2=O. The van der Waals surface area contributed by atoms with E-state index in [9.17, 15) is 9.59 Å². The Labute approximate surface area is 131 Å². The van der Waals surface area contributed by atoms with Crippen molar-refractivity contribution in [2.45, 2.75) is 70.5 Å². The monoisotopic (exact) mass is 300 g/mol. The molecule has 1 heterocycles. The molecule has 118 valence electrons. The van der Waals surface area contributed by atoms with Gasteiger partial charge in [-0.15, -0.1) is 0 Å². The Morgan fingerprint density at radius 3 is 2.68 bits per heavy atom. The largest absolute Gasteiger partial charge is 0.365 e. The minimum absolute atomic E-state index is 0.0292. The third-order valence-electron chi connectivity index (χ3n) is 8.04. The van der Waals surface area contributed by atoms with Crippen molar-refractivity contribution in [2.24, 2.45) is 22.7 Å². The fourth-order valence-electron chi connectivity index (χ4n) is 6.79. The van der Waals surface area contributed by atoms with Gasteiger partial charge in [0, 0.05) is 23.7 Å². The summed E-state index contributed by atoms with van der Waals surface area (Å²) >= 11 is 0. The van der Waals surface area contributed by atoms with Crippen LogP contribution >= 0.6 is 0 Å². The van der Waals surface area contributed by atoms with Crippen LogP contribution in [0.5, 0.6) is 0 Å². The van der Waals surface area contributed by atoms with Gasteiger partial charge < -0.3 is 4.74 Å². The smallest absolute Gasteiger partial charge is 0.155 e. The lowest BCUT2D eigenvalue weighted by atomic mass is 9.47. The van der Waals surface area contributed by atoms with E-state index in [1.807, 2.05) is 6.08 Å². The van der Waals surface area contributed by atoms with E-state index in [1.165, 1.54) is 5.57 Å². The second-order valence-corrected chi connectivity index (χ2v) is 8.70. The first-order valence-corrected chi connectivity index (χ1v) is 8.87. The summed E-state index contributed by atoms with van der Waals surface area (Å²) in [5, 5.41) is 0. The molecule has 0 aromatic carbocycles. The van der Waals surface area contributed by atoms with Gasteiger partial charge >= 0.3 is 0 Å². The molecule has 5 rings (SSSR count). The summed E-state index contributed by atoms with van der Waals surface area (Å²) in [5.74, 6) is 1.76. The Bertz CT molecular complexity index is 635. The van der Waals surface area contributed by atoms with Crippen LogP contribution in [0.25, 0.3) is 0 Å². The van der Waals surface area contributed by atoms with Crippen molar-refractivity contribution < 1.29 is 14.3 Å². The minimum Gasteiger partial charge on any atom is -0.365 e. The van der Waals surface area contributed by atoms with Crippen LogP contribution in [0.4, 0.5) is 0 Å². The Hall–Kier alpha value is -0.960. The molecule has 3 heteroatoms. The number of rotatable bonds is 0. The van der Waals surface area contributed by atoms with Crippen LogP contribution in [0.3, 0.4) is 0 Å². The summed E-state index contributed by atoms with van der Waals surface area (Å²) in [6, 6.07) is 0. The van der Waals surface area contributed by atoms with Crippen molar-refractivity contribution in [1.82, 2.24) is 0 Å². The molecule has 1 saturated heterocycles. The molecule has 0 aromatic heterocycles. The maximum atomic E-state index is 12.5. The van der Waals surface area contributed by atoms with Gasteiger partial charge in [-0.05, 0) is 50.0 Å². The summed E-state index contributed by atoms with van der Waals surface area (Å²) in [6.07, 6.45) is 8.58. The molecule has 0 bridgehead atoms. The van der Waals surface area contributed by atoms with E-state index < -0.39 is 0 Å². The predicted molar refractivity (Wildman–Crippen MR) is 81.2 cm³/mol. The lowest BCUT2D eigenvalue weighted by Crippen LogP contribution is -2.57. The maximum absolute atomic E-state index is 12.5. The highest BCUT2D eigenvalue weighted by Gasteiger charge is 2.79. The number of fused-ring (bicyclic) bond motifs is 3. The quantitative estimate of drug-likeness (QED) is 0.645. The fourth-order valence-corrected chi connectivity index (χ4v) is 6.79. The molecule has 4 aliphatic carbocycles. The molecule has 22 heavy (non-hydrogen) atoms. The van der Waals surface area contributed by atoms with Crippen LogP contribution < -0.4 is 0 Å². The second kappa shape index (κ2) is 3.75. The van der Waals surface area contributed by atoms with Crippen molar-refractivity contribution in [2.75, 3.05) is 0 Å². The van der Waals surface area contributed by atoms with Crippen LogP contribution in [0.15, 0.2) is 11.6 Å². The van der Waals surface area contributed by atoms with E-state index in [1.54, 1.807) is 0 Å². The van der Waals surface area contributed by atoms with Gasteiger partial charge in [-0.3, -0.25) is 9.59 Å². The van der Waals surface area contributed by atoms with Crippen LogP contribution in [0, 0.1) is 22.7 Å². The first kappa shape index (κ1) is 13.5. The molecule has 0 N–H and O–H groups in total. The van der Waals surface area contributed by atoms with Crippen molar-refractivity contribution in [3.8, 4) is 0 Å². The van der Waals surface area contributed by atoms with Crippen LogP contribution in [0.1, 0.15) is 58.8 Å². The van der Waals surface area contributed by atoms with Gasteiger partial charge in [0.15, 0.2) is 5.78 Å². The molecule has 0 aromatic rings. The molecule has 3 saturated carbocycles. The average molecular weight is 300 g/mol. The summed E-state index contributed by atoms with van der Waals surface area (Å²) in [7, 11) is 0. The molecule has 0 amide bonds. The second-order valence-electron chi connectivity index (χ2n) is 8.70. The standard InChI is InChI=1S/C19H24O3/c1-17-10-16-19(22-16)14(13(17)5-6-15(17)21)4-3-11-9-12(20)7-8-18(11,19)2/h9,13-14,16H,3-8,10H2,1-2H3. The molecular formula is C19H24O3. The van der Waals surface area contributed by atoms with Crippen LogP contribution in [-0.4, -0.2) is 23.3 Å².